The van der Waals surface area contributed by atoms with Crippen LogP contribution in [0.15, 0.2) is 12.1 Å². The van der Waals surface area contributed by atoms with Gasteiger partial charge in [-0.05, 0) is 25.0 Å². The number of amides is 1. The van der Waals surface area contributed by atoms with E-state index < -0.39 is 5.97 Å². The van der Waals surface area contributed by atoms with Gasteiger partial charge in [-0.1, -0.05) is 47.6 Å². The molecule has 0 aliphatic heterocycles. The number of carbonyl (C=O) groups is 2. The van der Waals surface area contributed by atoms with E-state index in [4.69, 9.17) is 39.5 Å². The topological polar surface area (TPSA) is 55.4 Å². The van der Waals surface area contributed by atoms with Gasteiger partial charge in [0.2, 0.25) is 0 Å². The van der Waals surface area contributed by atoms with Gasteiger partial charge in [0.05, 0.1) is 20.6 Å². The summed E-state index contributed by atoms with van der Waals surface area (Å²) in [6.45, 7) is -0.367. The van der Waals surface area contributed by atoms with Crippen LogP contribution in [0.4, 0.5) is 0 Å². The second-order valence-electron chi connectivity index (χ2n) is 4.84. The van der Waals surface area contributed by atoms with Crippen molar-refractivity contribution in [1.82, 2.24) is 5.32 Å². The lowest BCUT2D eigenvalue weighted by molar-refractivity contribution is -0.124. The van der Waals surface area contributed by atoms with Gasteiger partial charge in [0, 0.05) is 6.04 Å². The fraction of sp³-hybridized carbons (Fsp3) is 0.429. The van der Waals surface area contributed by atoms with Gasteiger partial charge in [-0.25, -0.2) is 4.79 Å². The number of halogens is 3. The van der Waals surface area contributed by atoms with Gasteiger partial charge in [0.1, 0.15) is 0 Å². The zero-order valence-corrected chi connectivity index (χ0v) is 13.4. The summed E-state index contributed by atoms with van der Waals surface area (Å²) in [7, 11) is 0. The minimum Gasteiger partial charge on any atom is -0.452 e. The number of nitrogens with one attached hydrogen (secondary N) is 1. The van der Waals surface area contributed by atoms with Crippen molar-refractivity contribution in [3.05, 3.63) is 32.8 Å². The van der Waals surface area contributed by atoms with Crippen molar-refractivity contribution in [3.8, 4) is 0 Å². The molecule has 1 aromatic rings. The first-order valence-corrected chi connectivity index (χ1v) is 7.72. The first-order chi connectivity index (χ1) is 9.99. The van der Waals surface area contributed by atoms with E-state index in [1.54, 1.807) is 0 Å². The molecule has 0 atom stereocenters. The van der Waals surface area contributed by atoms with Crippen molar-refractivity contribution in [1.29, 1.82) is 0 Å². The normalized spacial score (nSPS) is 15.0. The Balaban J connectivity index is 1.92. The summed E-state index contributed by atoms with van der Waals surface area (Å²) in [6.07, 6.45) is 4.15. The van der Waals surface area contributed by atoms with Crippen LogP contribution in [0.25, 0.3) is 0 Å². The summed E-state index contributed by atoms with van der Waals surface area (Å²) in [5, 5.41) is 3.16. The van der Waals surface area contributed by atoms with Crippen LogP contribution in [-0.4, -0.2) is 24.5 Å². The fourth-order valence-corrected chi connectivity index (χ4v) is 2.94. The minimum absolute atomic E-state index is 0.0189. The molecule has 1 N–H and O–H groups in total. The van der Waals surface area contributed by atoms with Crippen molar-refractivity contribution in [2.75, 3.05) is 6.61 Å². The standard InChI is InChI=1S/C14H14Cl3NO3/c15-9-5-6-10(16)13(17)12(9)14(20)21-7-11(19)18-8-3-1-2-4-8/h5-6,8H,1-4,7H2,(H,18,19). The molecule has 2 rings (SSSR count). The van der Waals surface area contributed by atoms with Crippen molar-refractivity contribution in [2.24, 2.45) is 0 Å². The lowest BCUT2D eigenvalue weighted by atomic mass is 10.2. The summed E-state index contributed by atoms with van der Waals surface area (Å²) < 4.78 is 4.94. The molecule has 21 heavy (non-hydrogen) atoms. The molecule has 1 amide bonds. The average Bonchev–Trinajstić information content (AvgIpc) is 2.94. The van der Waals surface area contributed by atoms with E-state index in [-0.39, 0.29) is 39.2 Å². The first kappa shape index (κ1) is 16.4. The molecule has 0 aromatic heterocycles. The highest BCUT2D eigenvalue weighted by molar-refractivity contribution is 6.46. The number of hydrogen-bond acceptors (Lipinski definition) is 3. The van der Waals surface area contributed by atoms with E-state index in [0.717, 1.165) is 25.7 Å². The van der Waals surface area contributed by atoms with Crippen LogP contribution in [0.2, 0.25) is 15.1 Å². The number of carbonyl (C=O) groups excluding carboxylic acids is 2. The molecule has 1 aliphatic carbocycles. The molecular weight excluding hydrogens is 337 g/mol. The maximum absolute atomic E-state index is 12.0. The minimum atomic E-state index is -0.769. The zero-order valence-electron chi connectivity index (χ0n) is 11.1. The first-order valence-electron chi connectivity index (χ1n) is 6.59. The van der Waals surface area contributed by atoms with Gasteiger partial charge in [0.15, 0.2) is 6.61 Å². The Hall–Kier alpha value is -0.970. The Morgan fingerprint density at radius 1 is 1.14 bits per heavy atom. The second-order valence-corrected chi connectivity index (χ2v) is 6.04. The SMILES string of the molecule is O=C(COC(=O)c1c(Cl)ccc(Cl)c1Cl)NC1CCCC1. The smallest absolute Gasteiger partial charge is 0.341 e. The Bertz CT molecular complexity index is 557. The highest BCUT2D eigenvalue weighted by Gasteiger charge is 2.21. The van der Waals surface area contributed by atoms with Gasteiger partial charge in [0.25, 0.3) is 5.91 Å². The van der Waals surface area contributed by atoms with Crippen LogP contribution in [0, 0.1) is 0 Å². The molecule has 4 nitrogen and oxygen atoms in total. The maximum atomic E-state index is 12.0. The van der Waals surface area contributed by atoms with Gasteiger partial charge >= 0.3 is 5.97 Å². The molecule has 0 unspecified atom stereocenters. The van der Waals surface area contributed by atoms with Crippen LogP contribution in [-0.2, 0) is 9.53 Å². The zero-order chi connectivity index (χ0) is 15.4. The third-order valence-electron chi connectivity index (χ3n) is 3.30. The summed E-state index contributed by atoms with van der Waals surface area (Å²) in [4.78, 5) is 23.6. The van der Waals surface area contributed by atoms with Crippen molar-refractivity contribution in [2.45, 2.75) is 31.7 Å². The van der Waals surface area contributed by atoms with Crippen LogP contribution >= 0.6 is 34.8 Å². The molecule has 0 bridgehead atoms. The summed E-state index contributed by atoms with van der Waals surface area (Å²) >= 11 is 17.7. The lowest BCUT2D eigenvalue weighted by Crippen LogP contribution is -2.35. The molecule has 1 aliphatic rings. The van der Waals surface area contributed by atoms with E-state index in [1.807, 2.05) is 0 Å². The maximum Gasteiger partial charge on any atom is 0.341 e. The Labute approximate surface area is 137 Å². The third kappa shape index (κ3) is 4.25. The number of benzene rings is 1. The molecule has 0 radical (unpaired) electrons. The molecule has 7 heteroatoms. The quantitative estimate of drug-likeness (QED) is 0.662. The number of hydrogen-bond donors (Lipinski definition) is 1. The van der Waals surface area contributed by atoms with E-state index in [1.165, 1.54) is 12.1 Å². The van der Waals surface area contributed by atoms with E-state index in [9.17, 15) is 9.59 Å². The Morgan fingerprint density at radius 2 is 1.76 bits per heavy atom. The van der Waals surface area contributed by atoms with Crippen molar-refractivity contribution in [3.63, 3.8) is 0 Å². The Morgan fingerprint density at radius 3 is 2.43 bits per heavy atom. The van der Waals surface area contributed by atoms with Crippen LogP contribution < -0.4 is 5.32 Å². The van der Waals surface area contributed by atoms with Gasteiger partial charge in [-0.15, -0.1) is 0 Å². The van der Waals surface area contributed by atoms with Crippen LogP contribution in [0.5, 0.6) is 0 Å². The van der Waals surface area contributed by atoms with Crippen molar-refractivity contribution >= 4 is 46.7 Å². The van der Waals surface area contributed by atoms with Gasteiger partial charge in [-0.3, -0.25) is 4.79 Å². The monoisotopic (exact) mass is 349 g/mol. The largest absolute Gasteiger partial charge is 0.452 e. The highest BCUT2D eigenvalue weighted by Crippen LogP contribution is 2.31. The molecule has 1 aromatic carbocycles. The molecule has 0 spiro atoms. The molecule has 1 saturated carbocycles. The van der Waals surface area contributed by atoms with Crippen LogP contribution in [0.3, 0.4) is 0 Å². The Kier molecular flexibility index (Phi) is 5.73. The second kappa shape index (κ2) is 7.34. The molecule has 114 valence electrons. The van der Waals surface area contributed by atoms with Gasteiger partial charge in [-0.2, -0.15) is 0 Å². The number of rotatable bonds is 4. The molecule has 1 fully saturated rings. The lowest BCUT2D eigenvalue weighted by Gasteiger charge is -2.12. The highest BCUT2D eigenvalue weighted by atomic mass is 35.5. The average molecular weight is 351 g/mol. The van der Waals surface area contributed by atoms with E-state index >= 15 is 0 Å². The third-order valence-corrected chi connectivity index (χ3v) is 4.42. The van der Waals surface area contributed by atoms with E-state index in [0.29, 0.717) is 0 Å². The summed E-state index contributed by atoms with van der Waals surface area (Å²) in [5.41, 5.74) is -0.0282. The van der Waals surface area contributed by atoms with Gasteiger partial charge < -0.3 is 10.1 Å². The summed E-state index contributed by atoms with van der Waals surface area (Å²) in [5.74, 6) is -1.10. The predicted octanol–water partition coefficient (Wildman–Crippen LogP) is 3.86. The number of ether oxygens (including phenoxy) is 1. The summed E-state index contributed by atoms with van der Waals surface area (Å²) in [6, 6.07) is 3.11. The predicted molar refractivity (Wildman–Crippen MR) is 82.2 cm³/mol. The number of esters is 1. The molecular formula is C14H14Cl3NO3. The molecule has 0 saturated heterocycles. The van der Waals surface area contributed by atoms with Crippen LogP contribution in [0.1, 0.15) is 36.0 Å². The van der Waals surface area contributed by atoms with E-state index in [2.05, 4.69) is 5.32 Å². The molecule has 0 heterocycles. The fourth-order valence-electron chi connectivity index (χ4n) is 2.26. The van der Waals surface area contributed by atoms with Crippen molar-refractivity contribution < 1.29 is 14.3 Å².